The summed E-state index contributed by atoms with van der Waals surface area (Å²) in [4.78, 5) is 0. The topological polar surface area (TPSA) is 12.0 Å². The third kappa shape index (κ3) is 1.94. The maximum Gasteiger partial charge on any atom is 0.0406 e. The zero-order valence-electron chi connectivity index (χ0n) is 8.46. The highest BCUT2D eigenvalue weighted by Gasteiger charge is 2.26. The van der Waals surface area contributed by atoms with Gasteiger partial charge in [-0.3, -0.25) is 0 Å². The first kappa shape index (κ1) is 10.0. The van der Waals surface area contributed by atoms with Crippen molar-refractivity contribution in [2.75, 3.05) is 6.54 Å². The first-order valence-corrected chi connectivity index (χ1v) is 5.68. The van der Waals surface area contributed by atoms with Crippen LogP contribution < -0.4 is 5.32 Å². The van der Waals surface area contributed by atoms with Crippen LogP contribution in [0, 0.1) is 0 Å². The third-order valence-electron chi connectivity index (χ3n) is 3.09. The zero-order valence-corrected chi connectivity index (χ0v) is 9.22. The molecule has 2 rings (SSSR count). The van der Waals surface area contributed by atoms with Crippen LogP contribution in [0.5, 0.6) is 0 Å². The van der Waals surface area contributed by atoms with Crippen LogP contribution in [0.25, 0.3) is 0 Å². The van der Waals surface area contributed by atoms with Crippen molar-refractivity contribution in [3.05, 3.63) is 34.9 Å². The molecule has 1 aromatic carbocycles. The molecule has 0 aliphatic carbocycles. The smallest absolute Gasteiger partial charge is 0.0406 e. The molecule has 0 radical (unpaired) electrons. The van der Waals surface area contributed by atoms with Crippen LogP contribution in [0.3, 0.4) is 0 Å². The largest absolute Gasteiger partial charge is 0.313 e. The van der Waals surface area contributed by atoms with Gasteiger partial charge in [0.2, 0.25) is 0 Å². The fourth-order valence-corrected chi connectivity index (χ4v) is 2.43. The van der Waals surface area contributed by atoms with E-state index < -0.39 is 0 Å². The lowest BCUT2D eigenvalue weighted by Crippen LogP contribution is -2.24. The Labute approximate surface area is 90.5 Å². The van der Waals surface area contributed by atoms with E-state index in [1.807, 2.05) is 12.1 Å². The molecule has 2 atom stereocenters. The minimum Gasteiger partial charge on any atom is -0.313 e. The van der Waals surface area contributed by atoms with E-state index in [9.17, 15) is 0 Å². The van der Waals surface area contributed by atoms with Crippen molar-refractivity contribution in [3.8, 4) is 0 Å². The number of benzene rings is 1. The molecule has 76 valence electrons. The number of hydrogen-bond donors (Lipinski definition) is 1. The Balaban J connectivity index is 2.17. The molecule has 0 amide bonds. The van der Waals surface area contributed by atoms with Gasteiger partial charge >= 0.3 is 0 Å². The highest BCUT2D eigenvalue weighted by Crippen LogP contribution is 2.29. The summed E-state index contributed by atoms with van der Waals surface area (Å²) in [7, 11) is 0. The SMILES string of the molecule is CCC1NCCC1c1ccc(Cl)cc1. The molecule has 1 saturated heterocycles. The molecule has 1 nitrogen and oxygen atoms in total. The van der Waals surface area contributed by atoms with Crippen LogP contribution in [0.15, 0.2) is 24.3 Å². The molecular weight excluding hydrogens is 194 g/mol. The van der Waals surface area contributed by atoms with Crippen LogP contribution in [0.1, 0.15) is 31.2 Å². The lowest BCUT2D eigenvalue weighted by molar-refractivity contribution is 0.531. The van der Waals surface area contributed by atoms with E-state index in [4.69, 9.17) is 11.6 Å². The predicted octanol–water partition coefficient (Wildman–Crippen LogP) is 3.20. The number of rotatable bonds is 2. The van der Waals surface area contributed by atoms with Crippen LogP contribution in [0.2, 0.25) is 5.02 Å². The van der Waals surface area contributed by atoms with Crippen LogP contribution in [-0.2, 0) is 0 Å². The molecule has 1 aliphatic rings. The van der Waals surface area contributed by atoms with Gasteiger partial charge in [-0.1, -0.05) is 30.7 Å². The van der Waals surface area contributed by atoms with Crippen LogP contribution >= 0.6 is 11.6 Å². The molecule has 1 heterocycles. The highest BCUT2D eigenvalue weighted by atomic mass is 35.5. The summed E-state index contributed by atoms with van der Waals surface area (Å²) in [5.41, 5.74) is 1.42. The van der Waals surface area contributed by atoms with Crippen LogP contribution in [0.4, 0.5) is 0 Å². The summed E-state index contributed by atoms with van der Waals surface area (Å²) in [6.07, 6.45) is 2.45. The van der Waals surface area contributed by atoms with Gasteiger partial charge in [0, 0.05) is 17.0 Å². The van der Waals surface area contributed by atoms with Crippen molar-refractivity contribution in [2.24, 2.45) is 0 Å². The molecular formula is C12H16ClN. The fourth-order valence-electron chi connectivity index (χ4n) is 2.31. The van der Waals surface area contributed by atoms with E-state index in [0.717, 1.165) is 11.6 Å². The van der Waals surface area contributed by atoms with Crippen molar-refractivity contribution < 1.29 is 0 Å². The van der Waals surface area contributed by atoms with E-state index >= 15 is 0 Å². The summed E-state index contributed by atoms with van der Waals surface area (Å²) in [6, 6.07) is 8.94. The first-order chi connectivity index (χ1) is 6.81. The molecule has 0 bridgehead atoms. The average Bonchev–Trinajstić information content (AvgIpc) is 2.67. The Kier molecular flexibility index (Phi) is 3.09. The standard InChI is InChI=1S/C12H16ClN/c1-2-12-11(7-8-14-12)9-3-5-10(13)6-4-9/h3-6,11-12,14H,2,7-8H2,1H3. The van der Waals surface area contributed by atoms with Gasteiger partial charge in [0.15, 0.2) is 0 Å². The quantitative estimate of drug-likeness (QED) is 0.789. The van der Waals surface area contributed by atoms with Gasteiger partial charge in [-0.25, -0.2) is 0 Å². The highest BCUT2D eigenvalue weighted by molar-refractivity contribution is 6.30. The number of nitrogens with one attached hydrogen (secondary N) is 1. The molecule has 1 fully saturated rings. The van der Waals surface area contributed by atoms with E-state index in [1.54, 1.807) is 0 Å². The van der Waals surface area contributed by atoms with Gasteiger partial charge in [-0.2, -0.15) is 0 Å². The van der Waals surface area contributed by atoms with Gasteiger partial charge in [-0.15, -0.1) is 0 Å². The Hall–Kier alpha value is -0.530. The van der Waals surface area contributed by atoms with Gasteiger partial charge in [-0.05, 0) is 37.1 Å². The van der Waals surface area contributed by atoms with E-state index in [-0.39, 0.29) is 0 Å². The van der Waals surface area contributed by atoms with E-state index in [1.165, 1.54) is 18.4 Å². The summed E-state index contributed by atoms with van der Waals surface area (Å²) in [5, 5.41) is 4.36. The van der Waals surface area contributed by atoms with Gasteiger partial charge in [0.1, 0.15) is 0 Å². The van der Waals surface area contributed by atoms with Crippen molar-refractivity contribution in [1.82, 2.24) is 5.32 Å². The summed E-state index contributed by atoms with van der Waals surface area (Å²) in [5.74, 6) is 0.678. The molecule has 0 spiro atoms. The molecule has 0 saturated carbocycles. The first-order valence-electron chi connectivity index (χ1n) is 5.30. The second-order valence-electron chi connectivity index (χ2n) is 3.92. The second-order valence-corrected chi connectivity index (χ2v) is 4.35. The van der Waals surface area contributed by atoms with Gasteiger partial charge in [0.05, 0.1) is 0 Å². The Morgan fingerprint density at radius 1 is 1.36 bits per heavy atom. The second kappa shape index (κ2) is 4.33. The number of halogens is 1. The van der Waals surface area contributed by atoms with Crippen molar-refractivity contribution in [1.29, 1.82) is 0 Å². The molecule has 2 heteroatoms. The maximum absolute atomic E-state index is 5.87. The fraction of sp³-hybridized carbons (Fsp3) is 0.500. The summed E-state index contributed by atoms with van der Waals surface area (Å²) in [6.45, 7) is 3.39. The van der Waals surface area contributed by atoms with E-state index in [2.05, 4.69) is 24.4 Å². The number of hydrogen-bond acceptors (Lipinski definition) is 1. The van der Waals surface area contributed by atoms with E-state index in [0.29, 0.717) is 12.0 Å². The summed E-state index contributed by atoms with van der Waals surface area (Å²) >= 11 is 5.87. The van der Waals surface area contributed by atoms with Gasteiger partial charge < -0.3 is 5.32 Å². The molecule has 2 unspecified atom stereocenters. The Bertz CT molecular complexity index is 294. The lowest BCUT2D eigenvalue weighted by atomic mass is 9.91. The Morgan fingerprint density at radius 3 is 2.71 bits per heavy atom. The van der Waals surface area contributed by atoms with Crippen LogP contribution in [-0.4, -0.2) is 12.6 Å². The molecule has 1 N–H and O–H groups in total. The molecule has 1 aliphatic heterocycles. The third-order valence-corrected chi connectivity index (χ3v) is 3.34. The average molecular weight is 210 g/mol. The minimum absolute atomic E-state index is 0.649. The lowest BCUT2D eigenvalue weighted by Gasteiger charge is -2.18. The molecule has 1 aromatic rings. The molecule has 0 aromatic heterocycles. The van der Waals surface area contributed by atoms with Crippen molar-refractivity contribution in [3.63, 3.8) is 0 Å². The maximum atomic E-state index is 5.87. The summed E-state index contributed by atoms with van der Waals surface area (Å²) < 4.78 is 0. The van der Waals surface area contributed by atoms with Crippen molar-refractivity contribution >= 4 is 11.6 Å². The normalized spacial score (nSPS) is 26.7. The Morgan fingerprint density at radius 2 is 2.07 bits per heavy atom. The minimum atomic E-state index is 0.649. The monoisotopic (exact) mass is 209 g/mol. The predicted molar refractivity (Wildman–Crippen MR) is 60.9 cm³/mol. The van der Waals surface area contributed by atoms with Crippen molar-refractivity contribution in [2.45, 2.75) is 31.7 Å². The van der Waals surface area contributed by atoms with Gasteiger partial charge in [0.25, 0.3) is 0 Å². The molecule has 14 heavy (non-hydrogen) atoms. The zero-order chi connectivity index (χ0) is 9.97.